The number of aromatic nitrogens is 1. The van der Waals surface area contributed by atoms with E-state index in [-0.39, 0.29) is 5.91 Å². The van der Waals surface area contributed by atoms with Gasteiger partial charge in [-0.05, 0) is 28.7 Å². The van der Waals surface area contributed by atoms with E-state index in [0.29, 0.717) is 25.6 Å². The summed E-state index contributed by atoms with van der Waals surface area (Å²) in [5.41, 5.74) is 0. The average Bonchev–Trinajstić information content (AvgIpc) is 2.39. The maximum absolute atomic E-state index is 11.2. The Kier molecular flexibility index (Phi) is 7.42. The minimum Gasteiger partial charge on any atom is -0.476 e. The van der Waals surface area contributed by atoms with Gasteiger partial charge >= 0.3 is 0 Å². The van der Waals surface area contributed by atoms with E-state index in [1.165, 1.54) is 4.90 Å². The summed E-state index contributed by atoms with van der Waals surface area (Å²) in [6, 6.07) is 3.79. The molecule has 0 aliphatic rings. The Morgan fingerprint density at radius 3 is 2.95 bits per heavy atom. The van der Waals surface area contributed by atoms with E-state index in [1.807, 2.05) is 12.1 Å². The molecule has 0 saturated heterocycles. The molecule has 1 heterocycles. The number of carbonyl (C=O) groups excluding carboxylic acids is 1. The molecule has 1 rings (SSSR count). The summed E-state index contributed by atoms with van der Waals surface area (Å²) < 4.78 is 6.53. The summed E-state index contributed by atoms with van der Waals surface area (Å²) in [6.07, 6.45) is 5.11. The average molecular weight is 375 g/mol. The van der Waals surface area contributed by atoms with Crippen LogP contribution in [-0.2, 0) is 4.79 Å². The molecule has 1 aromatic rings. The number of hydrogen-bond acceptors (Lipinski definition) is 4. The third-order valence-electron chi connectivity index (χ3n) is 2.19. The van der Waals surface area contributed by atoms with Crippen LogP contribution in [0.2, 0.25) is 0 Å². The number of ether oxygens (including phenoxy) is 1. The van der Waals surface area contributed by atoms with Crippen molar-refractivity contribution in [3.8, 4) is 5.88 Å². The first-order valence-electron chi connectivity index (χ1n) is 5.92. The van der Waals surface area contributed by atoms with Crippen LogP contribution in [0.5, 0.6) is 5.88 Å². The molecular formula is C13H18IN3O2. The molecule has 0 aliphatic carbocycles. The zero-order valence-electron chi connectivity index (χ0n) is 11.1. The second-order valence-corrected chi connectivity index (χ2v) is 5.25. The fourth-order valence-corrected chi connectivity index (χ4v) is 1.49. The highest BCUT2D eigenvalue weighted by atomic mass is 127. The van der Waals surface area contributed by atoms with Crippen LogP contribution in [0.4, 0.5) is 0 Å². The zero-order valence-corrected chi connectivity index (χ0v) is 13.3. The van der Waals surface area contributed by atoms with Gasteiger partial charge in [0.15, 0.2) is 0 Å². The molecular weight excluding hydrogens is 357 g/mol. The van der Waals surface area contributed by atoms with Crippen LogP contribution in [-0.4, -0.2) is 49.6 Å². The summed E-state index contributed by atoms with van der Waals surface area (Å²) in [5, 5.41) is 3.15. The highest BCUT2D eigenvalue weighted by Crippen LogP contribution is 2.08. The summed E-state index contributed by atoms with van der Waals surface area (Å²) in [4.78, 5) is 16.9. The summed E-state index contributed by atoms with van der Waals surface area (Å²) in [6.45, 7) is 1.89. The Labute approximate surface area is 127 Å². The highest BCUT2D eigenvalue weighted by Gasteiger charge is 1.96. The molecule has 1 aromatic heterocycles. The van der Waals surface area contributed by atoms with Gasteiger partial charge in [-0.3, -0.25) is 4.79 Å². The molecule has 0 bridgehead atoms. The van der Waals surface area contributed by atoms with Gasteiger partial charge in [0.1, 0.15) is 6.61 Å². The second-order valence-electron chi connectivity index (χ2n) is 4.00. The van der Waals surface area contributed by atoms with Crippen molar-refractivity contribution in [2.45, 2.75) is 0 Å². The number of likely N-dealkylation sites (N-methyl/N-ethyl adjacent to an activating group) is 1. The topological polar surface area (TPSA) is 54.5 Å². The maximum Gasteiger partial charge on any atom is 0.245 e. The van der Waals surface area contributed by atoms with E-state index >= 15 is 0 Å². The Hall–Kier alpha value is -1.15. The first kappa shape index (κ1) is 15.9. The lowest BCUT2D eigenvalue weighted by molar-refractivity contribution is -0.123. The van der Waals surface area contributed by atoms with Crippen molar-refractivity contribution in [2.75, 3.05) is 33.8 Å². The lowest BCUT2D eigenvalue weighted by Gasteiger charge is -2.06. The van der Waals surface area contributed by atoms with Gasteiger partial charge in [-0.1, -0.05) is 6.08 Å². The molecule has 0 fully saturated rings. The first-order valence-corrected chi connectivity index (χ1v) is 7.00. The Morgan fingerprint density at radius 2 is 2.32 bits per heavy atom. The van der Waals surface area contributed by atoms with Crippen LogP contribution in [0, 0.1) is 3.57 Å². The van der Waals surface area contributed by atoms with Crippen molar-refractivity contribution >= 4 is 28.5 Å². The molecule has 0 aromatic carbocycles. The van der Waals surface area contributed by atoms with Gasteiger partial charge in [0.05, 0.1) is 0 Å². The number of amides is 1. The zero-order chi connectivity index (χ0) is 14.1. The lowest BCUT2D eigenvalue weighted by Crippen LogP contribution is -2.22. The number of rotatable bonds is 7. The van der Waals surface area contributed by atoms with Gasteiger partial charge in [-0.25, -0.2) is 4.98 Å². The molecule has 1 amide bonds. The molecule has 0 saturated carbocycles. The number of pyridine rings is 1. The first-order chi connectivity index (χ1) is 9.09. The molecule has 0 atom stereocenters. The van der Waals surface area contributed by atoms with Crippen LogP contribution in [0.1, 0.15) is 0 Å². The van der Waals surface area contributed by atoms with E-state index in [1.54, 1.807) is 32.4 Å². The molecule has 5 nitrogen and oxygen atoms in total. The summed E-state index contributed by atoms with van der Waals surface area (Å²) >= 11 is 2.20. The Morgan fingerprint density at radius 1 is 1.53 bits per heavy atom. The van der Waals surface area contributed by atoms with Gasteiger partial charge in [-0.15, -0.1) is 0 Å². The van der Waals surface area contributed by atoms with E-state index in [2.05, 4.69) is 32.9 Å². The number of carbonyl (C=O) groups is 1. The number of hydrogen-bond donors (Lipinski definition) is 1. The van der Waals surface area contributed by atoms with Crippen molar-refractivity contribution < 1.29 is 9.53 Å². The molecule has 0 aliphatic heterocycles. The third-order valence-corrected chi connectivity index (χ3v) is 2.83. The fourth-order valence-electron chi connectivity index (χ4n) is 1.17. The molecule has 19 heavy (non-hydrogen) atoms. The number of nitrogens with zero attached hydrogens (tertiary/aromatic N) is 2. The monoisotopic (exact) mass is 375 g/mol. The predicted molar refractivity (Wildman–Crippen MR) is 83.2 cm³/mol. The molecule has 6 heteroatoms. The van der Waals surface area contributed by atoms with E-state index in [4.69, 9.17) is 4.74 Å². The SMILES string of the molecule is CN(C)C(=O)/C=C/CNCCOc1ccc(I)cn1. The second kappa shape index (κ2) is 8.87. The van der Waals surface area contributed by atoms with E-state index in [9.17, 15) is 4.79 Å². The van der Waals surface area contributed by atoms with Crippen LogP contribution in [0.15, 0.2) is 30.5 Å². The van der Waals surface area contributed by atoms with Crippen LogP contribution in [0.3, 0.4) is 0 Å². The lowest BCUT2D eigenvalue weighted by atomic mass is 10.4. The maximum atomic E-state index is 11.2. The van der Waals surface area contributed by atoms with Gasteiger partial charge in [0.25, 0.3) is 0 Å². The molecule has 1 N–H and O–H groups in total. The van der Waals surface area contributed by atoms with Crippen molar-refractivity contribution in [1.29, 1.82) is 0 Å². The fraction of sp³-hybridized carbons (Fsp3) is 0.385. The Balaban J connectivity index is 2.08. The van der Waals surface area contributed by atoms with Crippen molar-refractivity contribution in [1.82, 2.24) is 15.2 Å². The van der Waals surface area contributed by atoms with Crippen molar-refractivity contribution in [2.24, 2.45) is 0 Å². The largest absolute Gasteiger partial charge is 0.476 e. The third kappa shape index (κ3) is 7.12. The van der Waals surface area contributed by atoms with Crippen molar-refractivity contribution in [3.05, 3.63) is 34.1 Å². The van der Waals surface area contributed by atoms with Crippen LogP contribution in [0.25, 0.3) is 0 Å². The smallest absolute Gasteiger partial charge is 0.245 e. The van der Waals surface area contributed by atoms with Gasteiger partial charge in [-0.2, -0.15) is 0 Å². The van der Waals surface area contributed by atoms with Gasteiger partial charge in [0, 0.05) is 49.1 Å². The van der Waals surface area contributed by atoms with Gasteiger partial charge in [0.2, 0.25) is 11.8 Å². The predicted octanol–water partition coefficient (Wildman–Crippen LogP) is 1.30. The van der Waals surface area contributed by atoms with E-state index < -0.39 is 0 Å². The minimum absolute atomic E-state index is 0.0128. The molecule has 0 unspecified atom stereocenters. The normalized spacial score (nSPS) is 10.7. The van der Waals surface area contributed by atoms with Crippen LogP contribution < -0.4 is 10.1 Å². The molecule has 104 valence electrons. The minimum atomic E-state index is -0.0128. The van der Waals surface area contributed by atoms with Crippen molar-refractivity contribution in [3.63, 3.8) is 0 Å². The standard InChI is InChI=1S/C13H18IN3O2/c1-17(2)13(18)4-3-7-15-8-9-19-12-6-5-11(14)10-16-12/h3-6,10,15H,7-9H2,1-2H3/b4-3+. The quantitative estimate of drug-likeness (QED) is 0.444. The summed E-state index contributed by atoms with van der Waals surface area (Å²) in [5.74, 6) is 0.613. The number of halogens is 1. The Bertz CT molecular complexity index is 418. The van der Waals surface area contributed by atoms with Gasteiger partial charge < -0.3 is 15.0 Å². The number of nitrogens with one attached hydrogen (secondary N) is 1. The molecule has 0 radical (unpaired) electrons. The van der Waals surface area contributed by atoms with Crippen LogP contribution >= 0.6 is 22.6 Å². The van der Waals surface area contributed by atoms with E-state index in [0.717, 1.165) is 3.57 Å². The summed E-state index contributed by atoms with van der Waals surface area (Å²) in [7, 11) is 3.45. The highest BCUT2D eigenvalue weighted by molar-refractivity contribution is 14.1. The molecule has 0 spiro atoms.